The third-order valence-electron chi connectivity index (χ3n) is 1.95. The zero-order chi connectivity index (χ0) is 11.5. The summed E-state index contributed by atoms with van der Waals surface area (Å²) in [6.45, 7) is 0. The maximum Gasteiger partial charge on any atom is 0.337 e. The number of ether oxygens (including phenoxy) is 1. The molecule has 6 heteroatoms. The van der Waals surface area contributed by atoms with Crippen LogP contribution in [0.25, 0.3) is 0 Å². The van der Waals surface area contributed by atoms with Crippen molar-refractivity contribution in [2.75, 3.05) is 0 Å². The van der Waals surface area contributed by atoms with E-state index in [4.69, 9.17) is 9.84 Å². The number of hydrogen-bond donors (Lipinski definition) is 1. The normalized spacial score (nSPS) is 10.1. The summed E-state index contributed by atoms with van der Waals surface area (Å²) in [4.78, 5) is 18.4. The third kappa shape index (κ3) is 2.00. The van der Waals surface area contributed by atoms with Crippen LogP contribution in [0, 0.1) is 0 Å². The molecule has 2 rings (SSSR count). The maximum absolute atomic E-state index is 10.7. The lowest BCUT2D eigenvalue weighted by Crippen LogP contribution is -1.99. The fraction of sp³-hybridized carbons (Fsp3) is 0.100. The van der Waals surface area contributed by atoms with Gasteiger partial charge < -0.3 is 14.4 Å². The summed E-state index contributed by atoms with van der Waals surface area (Å²) >= 11 is 0. The molecule has 0 unspecified atom stereocenters. The second-order valence-corrected chi connectivity index (χ2v) is 3.14. The largest absolute Gasteiger partial charge is 0.478 e. The highest BCUT2D eigenvalue weighted by Crippen LogP contribution is 2.18. The predicted octanol–water partition coefficient (Wildman–Crippen LogP) is 1.31. The molecule has 16 heavy (non-hydrogen) atoms. The first kappa shape index (κ1) is 10.2. The number of hydrogen-bond acceptors (Lipinski definition) is 4. The lowest BCUT2D eigenvalue weighted by molar-refractivity contribution is 0.0696. The van der Waals surface area contributed by atoms with E-state index in [2.05, 4.69) is 9.97 Å². The van der Waals surface area contributed by atoms with Gasteiger partial charge in [0.25, 0.3) is 0 Å². The summed E-state index contributed by atoms with van der Waals surface area (Å²) in [6.07, 6.45) is 6.00. The van der Waals surface area contributed by atoms with Crippen LogP contribution in [0.4, 0.5) is 0 Å². The van der Waals surface area contributed by atoms with Crippen LogP contribution in [0.2, 0.25) is 0 Å². The minimum Gasteiger partial charge on any atom is -0.478 e. The Kier molecular flexibility index (Phi) is 2.55. The van der Waals surface area contributed by atoms with Gasteiger partial charge in [0.1, 0.15) is 5.75 Å². The molecule has 0 aliphatic rings. The number of aromatic nitrogens is 3. The van der Waals surface area contributed by atoms with E-state index in [0.717, 1.165) is 0 Å². The van der Waals surface area contributed by atoms with Crippen molar-refractivity contribution in [2.45, 2.75) is 0 Å². The van der Waals surface area contributed by atoms with E-state index in [1.807, 2.05) is 0 Å². The van der Waals surface area contributed by atoms with Crippen molar-refractivity contribution >= 4 is 5.97 Å². The Morgan fingerprint density at radius 2 is 2.31 bits per heavy atom. The second kappa shape index (κ2) is 4.01. The molecule has 0 aromatic carbocycles. The van der Waals surface area contributed by atoms with Gasteiger partial charge in [-0.15, -0.1) is 0 Å². The number of imidazole rings is 1. The highest BCUT2D eigenvalue weighted by atomic mass is 16.5. The van der Waals surface area contributed by atoms with E-state index in [-0.39, 0.29) is 5.56 Å². The van der Waals surface area contributed by atoms with Crippen molar-refractivity contribution in [2.24, 2.45) is 7.05 Å². The van der Waals surface area contributed by atoms with Gasteiger partial charge in [-0.25, -0.2) is 9.78 Å². The smallest absolute Gasteiger partial charge is 0.337 e. The monoisotopic (exact) mass is 219 g/mol. The number of nitrogens with zero attached hydrogens (tertiary/aromatic N) is 3. The molecule has 0 aliphatic carbocycles. The summed E-state index contributed by atoms with van der Waals surface area (Å²) in [7, 11) is 1.77. The summed E-state index contributed by atoms with van der Waals surface area (Å²) < 4.78 is 7.04. The lowest BCUT2D eigenvalue weighted by Gasteiger charge is -2.04. The molecule has 0 spiro atoms. The average molecular weight is 219 g/mol. The Hall–Kier alpha value is -2.37. The van der Waals surface area contributed by atoms with Crippen LogP contribution in [0.3, 0.4) is 0 Å². The molecule has 2 heterocycles. The molecular weight excluding hydrogens is 210 g/mol. The highest BCUT2D eigenvalue weighted by molar-refractivity contribution is 5.87. The standard InChI is InChI=1S/C10H9N3O3/c1-13-3-2-12-10(13)16-8-4-7(9(14)15)5-11-6-8/h2-6H,1H3,(H,14,15). The molecule has 0 aliphatic heterocycles. The van der Waals surface area contributed by atoms with Crippen LogP contribution >= 0.6 is 0 Å². The minimum absolute atomic E-state index is 0.0757. The van der Waals surface area contributed by atoms with Crippen molar-refractivity contribution < 1.29 is 14.6 Å². The minimum atomic E-state index is -1.04. The Balaban J connectivity index is 2.25. The second-order valence-electron chi connectivity index (χ2n) is 3.14. The lowest BCUT2D eigenvalue weighted by atomic mass is 10.3. The summed E-state index contributed by atoms with van der Waals surface area (Å²) in [5, 5.41) is 8.77. The summed E-state index contributed by atoms with van der Waals surface area (Å²) in [5.74, 6) is -0.702. The molecule has 0 fully saturated rings. The third-order valence-corrected chi connectivity index (χ3v) is 1.95. The first-order valence-corrected chi connectivity index (χ1v) is 4.50. The number of carboxylic acids is 1. The SMILES string of the molecule is Cn1ccnc1Oc1cncc(C(=O)O)c1. The van der Waals surface area contributed by atoms with Gasteiger partial charge in [-0.2, -0.15) is 0 Å². The zero-order valence-electron chi connectivity index (χ0n) is 8.49. The van der Waals surface area contributed by atoms with E-state index in [0.29, 0.717) is 11.8 Å². The van der Waals surface area contributed by atoms with Gasteiger partial charge in [-0.1, -0.05) is 0 Å². The molecule has 2 aromatic heterocycles. The van der Waals surface area contributed by atoms with Crippen molar-refractivity contribution in [1.29, 1.82) is 0 Å². The Morgan fingerprint density at radius 3 is 2.94 bits per heavy atom. The topological polar surface area (TPSA) is 77.2 Å². The van der Waals surface area contributed by atoms with E-state index in [1.165, 1.54) is 18.5 Å². The average Bonchev–Trinajstić information content (AvgIpc) is 2.65. The van der Waals surface area contributed by atoms with Gasteiger partial charge in [0.2, 0.25) is 0 Å². The first-order chi connectivity index (χ1) is 7.66. The quantitative estimate of drug-likeness (QED) is 0.841. The molecule has 82 valence electrons. The number of pyridine rings is 1. The Bertz CT molecular complexity index is 522. The van der Waals surface area contributed by atoms with Gasteiger partial charge in [-0.05, 0) is 6.07 Å². The fourth-order valence-corrected chi connectivity index (χ4v) is 1.15. The molecule has 2 aromatic rings. The molecule has 0 bridgehead atoms. The van der Waals surface area contributed by atoms with Crippen molar-refractivity contribution in [3.8, 4) is 11.8 Å². The van der Waals surface area contributed by atoms with Crippen LogP contribution in [-0.4, -0.2) is 25.6 Å². The van der Waals surface area contributed by atoms with E-state index < -0.39 is 5.97 Å². The zero-order valence-corrected chi connectivity index (χ0v) is 8.49. The number of rotatable bonds is 3. The number of aryl methyl sites for hydroxylation is 1. The van der Waals surface area contributed by atoms with Crippen LogP contribution in [0.5, 0.6) is 11.8 Å². The van der Waals surface area contributed by atoms with Crippen LogP contribution in [0.15, 0.2) is 30.9 Å². The van der Waals surface area contributed by atoms with Gasteiger partial charge >= 0.3 is 12.0 Å². The summed E-state index contributed by atoms with van der Waals surface area (Å²) in [6, 6.07) is 1.77. The van der Waals surface area contributed by atoms with Crippen LogP contribution in [0.1, 0.15) is 10.4 Å². The van der Waals surface area contributed by atoms with Gasteiger partial charge in [0, 0.05) is 25.6 Å². The predicted molar refractivity (Wildman–Crippen MR) is 54.5 cm³/mol. The Labute approximate surface area is 91.1 Å². The highest BCUT2D eigenvalue weighted by Gasteiger charge is 2.07. The molecule has 0 amide bonds. The van der Waals surface area contributed by atoms with Crippen LogP contribution < -0.4 is 4.74 Å². The summed E-state index contributed by atoms with van der Waals surface area (Å²) in [5.41, 5.74) is 0.0757. The van der Waals surface area contributed by atoms with E-state index in [1.54, 1.807) is 24.0 Å². The number of carboxylic acid groups (broad SMARTS) is 1. The fourth-order valence-electron chi connectivity index (χ4n) is 1.15. The van der Waals surface area contributed by atoms with E-state index >= 15 is 0 Å². The van der Waals surface area contributed by atoms with Crippen LogP contribution in [-0.2, 0) is 7.05 Å². The maximum atomic E-state index is 10.7. The van der Waals surface area contributed by atoms with Crippen molar-refractivity contribution in [3.63, 3.8) is 0 Å². The van der Waals surface area contributed by atoms with E-state index in [9.17, 15) is 4.79 Å². The molecule has 0 atom stereocenters. The van der Waals surface area contributed by atoms with Crippen molar-refractivity contribution in [3.05, 3.63) is 36.4 Å². The van der Waals surface area contributed by atoms with Gasteiger partial charge in [-0.3, -0.25) is 4.98 Å². The van der Waals surface area contributed by atoms with Gasteiger partial charge in [0.15, 0.2) is 0 Å². The molecule has 0 radical (unpaired) electrons. The molecule has 6 nitrogen and oxygen atoms in total. The molecule has 0 saturated heterocycles. The van der Waals surface area contributed by atoms with Crippen molar-refractivity contribution in [1.82, 2.24) is 14.5 Å². The Morgan fingerprint density at radius 1 is 1.50 bits per heavy atom. The van der Waals surface area contributed by atoms with Gasteiger partial charge in [0.05, 0.1) is 11.8 Å². The number of aromatic carboxylic acids is 1. The molecule has 0 saturated carbocycles. The first-order valence-electron chi connectivity index (χ1n) is 4.50. The molecule has 1 N–H and O–H groups in total. The molecular formula is C10H9N3O3. The number of carbonyl (C=O) groups is 1.